The van der Waals surface area contributed by atoms with Crippen LogP contribution in [0.3, 0.4) is 0 Å². The zero-order chi connectivity index (χ0) is 19.6. The summed E-state index contributed by atoms with van der Waals surface area (Å²) in [6, 6.07) is 8.78. The van der Waals surface area contributed by atoms with Crippen molar-refractivity contribution in [2.45, 2.75) is 18.9 Å². The first-order chi connectivity index (χ1) is 13.5. The molecule has 0 unspecified atom stereocenters. The fourth-order valence-corrected chi connectivity index (χ4v) is 2.53. The molecule has 0 amide bonds. The van der Waals surface area contributed by atoms with Gasteiger partial charge < -0.3 is 18.7 Å². The molecule has 1 atom stereocenters. The summed E-state index contributed by atoms with van der Waals surface area (Å²) in [5.74, 6) is 0.869. The molecule has 0 saturated carbocycles. The monoisotopic (exact) mass is 391 g/mol. The first-order valence-electron chi connectivity index (χ1n) is 8.08. The number of hydrogen-bond acceptors (Lipinski definition) is 7. The van der Waals surface area contributed by atoms with Crippen LogP contribution in [0.25, 0.3) is 11.6 Å². The van der Waals surface area contributed by atoms with Gasteiger partial charge in [-0.05, 0) is 29.8 Å². The Morgan fingerprint density at radius 1 is 1.00 bits per heavy atom. The van der Waals surface area contributed by atoms with Gasteiger partial charge in [0.05, 0.1) is 18.8 Å². The molecule has 28 heavy (non-hydrogen) atoms. The maximum Gasteiger partial charge on any atom is 0.573 e. The number of halogens is 3. The summed E-state index contributed by atoms with van der Waals surface area (Å²) >= 11 is 0. The highest BCUT2D eigenvalue weighted by molar-refractivity contribution is 5.79. The molecule has 7 nitrogen and oxygen atoms in total. The van der Waals surface area contributed by atoms with Crippen molar-refractivity contribution in [3.05, 3.63) is 60.6 Å². The van der Waals surface area contributed by atoms with Gasteiger partial charge in [-0.1, -0.05) is 17.3 Å². The summed E-state index contributed by atoms with van der Waals surface area (Å²) < 4.78 is 51.3. The summed E-state index contributed by atoms with van der Waals surface area (Å²) in [6.07, 6.45) is -0.400. The van der Waals surface area contributed by atoms with Gasteiger partial charge in [0.2, 0.25) is 11.8 Å². The predicted octanol–water partition coefficient (Wildman–Crippen LogP) is 4.49. The molecule has 1 aliphatic heterocycles. The molecular weight excluding hydrogens is 379 g/mol. The third-order valence-electron chi connectivity index (χ3n) is 3.75. The number of oxazole rings is 1. The molecule has 144 valence electrons. The van der Waals surface area contributed by atoms with Crippen molar-refractivity contribution >= 4 is 5.90 Å². The Balaban J connectivity index is 1.35. The minimum Gasteiger partial charge on any atom is -0.443 e. The molecule has 0 fully saturated rings. The van der Waals surface area contributed by atoms with Crippen molar-refractivity contribution in [3.8, 4) is 23.1 Å². The third kappa shape index (κ3) is 4.22. The minimum absolute atomic E-state index is 0.302. The number of ether oxygens (including phenoxy) is 2. The molecule has 1 aromatic carbocycles. The van der Waals surface area contributed by atoms with Crippen LogP contribution in [0.5, 0.6) is 11.5 Å². The lowest BCUT2D eigenvalue weighted by Crippen LogP contribution is -2.17. The van der Waals surface area contributed by atoms with Gasteiger partial charge in [-0.25, -0.2) is 9.97 Å². The Hall–Kier alpha value is -3.56. The lowest BCUT2D eigenvalue weighted by Gasteiger charge is -2.11. The minimum atomic E-state index is -4.73. The van der Waals surface area contributed by atoms with Crippen LogP contribution in [-0.2, 0) is 4.84 Å². The van der Waals surface area contributed by atoms with Crippen LogP contribution >= 0.6 is 0 Å². The van der Waals surface area contributed by atoms with Gasteiger partial charge in [0, 0.05) is 0 Å². The number of alkyl halides is 3. The van der Waals surface area contributed by atoms with E-state index >= 15 is 0 Å². The number of aromatic nitrogens is 2. The molecule has 0 spiro atoms. The molecule has 0 bridgehead atoms. The van der Waals surface area contributed by atoms with E-state index in [2.05, 4.69) is 19.9 Å². The van der Waals surface area contributed by atoms with E-state index in [0.717, 1.165) is 0 Å². The molecule has 0 N–H and O–H groups in total. The van der Waals surface area contributed by atoms with Crippen molar-refractivity contribution < 1.29 is 31.9 Å². The molecule has 0 radical (unpaired) electrons. The smallest absolute Gasteiger partial charge is 0.443 e. The summed E-state index contributed by atoms with van der Waals surface area (Å²) in [4.78, 5) is 13.5. The first-order valence-corrected chi connectivity index (χ1v) is 8.08. The molecule has 10 heteroatoms. The summed E-state index contributed by atoms with van der Waals surface area (Å²) in [7, 11) is 0. The van der Waals surface area contributed by atoms with E-state index in [1.165, 1.54) is 42.9 Å². The number of nitrogens with zero attached hydrogens (tertiary/aromatic N) is 3. The van der Waals surface area contributed by atoms with Crippen molar-refractivity contribution in [2.75, 3.05) is 0 Å². The van der Waals surface area contributed by atoms with Crippen molar-refractivity contribution in [1.29, 1.82) is 0 Å². The molecule has 4 rings (SSSR count). The second-order valence-electron chi connectivity index (χ2n) is 5.72. The first kappa shape index (κ1) is 17.8. The molecule has 3 aromatic rings. The molecule has 1 aliphatic rings. The quantitative estimate of drug-likeness (QED) is 0.652. The maximum absolute atomic E-state index is 12.2. The van der Waals surface area contributed by atoms with Crippen LogP contribution in [0, 0.1) is 0 Å². The Bertz CT molecular complexity index is 955. The highest BCUT2D eigenvalue weighted by Gasteiger charge is 2.31. The largest absolute Gasteiger partial charge is 0.573 e. The van der Waals surface area contributed by atoms with Crippen LogP contribution in [-0.4, -0.2) is 22.2 Å². The van der Waals surface area contributed by atoms with E-state index in [0.29, 0.717) is 35.2 Å². The number of pyridine rings is 1. The van der Waals surface area contributed by atoms with Crippen LogP contribution in [0.4, 0.5) is 13.2 Å². The average Bonchev–Trinajstić information content (AvgIpc) is 3.34. The topological polar surface area (TPSA) is 79.0 Å². The van der Waals surface area contributed by atoms with Crippen molar-refractivity contribution in [1.82, 2.24) is 9.97 Å². The zero-order valence-corrected chi connectivity index (χ0v) is 14.1. The summed E-state index contributed by atoms with van der Waals surface area (Å²) in [5.41, 5.74) is 1.20. The zero-order valence-electron chi connectivity index (χ0n) is 14.1. The second kappa shape index (κ2) is 7.22. The standard InChI is InChI=1S/C18H12F3N3O4/c19-18(20,21)27-12-3-1-11(2-4-12)15-9-16(24-28-15)26-13-5-6-14(23-10-13)17-22-7-8-25-17/h1-8,10,15H,9H2/t15-/m1/s1. The lowest BCUT2D eigenvalue weighted by molar-refractivity contribution is -0.274. The second-order valence-corrected chi connectivity index (χ2v) is 5.72. The van der Waals surface area contributed by atoms with E-state index in [1.54, 1.807) is 12.1 Å². The van der Waals surface area contributed by atoms with Crippen LogP contribution in [0.15, 0.2) is 64.6 Å². The van der Waals surface area contributed by atoms with Gasteiger partial charge in [0.25, 0.3) is 0 Å². The third-order valence-corrected chi connectivity index (χ3v) is 3.75. The number of oxime groups is 1. The van der Waals surface area contributed by atoms with E-state index in [1.807, 2.05) is 0 Å². The highest BCUT2D eigenvalue weighted by Crippen LogP contribution is 2.31. The van der Waals surface area contributed by atoms with E-state index in [-0.39, 0.29) is 5.75 Å². The van der Waals surface area contributed by atoms with E-state index in [4.69, 9.17) is 14.0 Å². The van der Waals surface area contributed by atoms with Gasteiger partial charge in [-0.15, -0.1) is 13.2 Å². The highest BCUT2D eigenvalue weighted by atomic mass is 19.4. The average molecular weight is 391 g/mol. The van der Waals surface area contributed by atoms with Crippen LogP contribution in [0.1, 0.15) is 18.1 Å². The van der Waals surface area contributed by atoms with Crippen molar-refractivity contribution in [2.24, 2.45) is 5.16 Å². The van der Waals surface area contributed by atoms with Gasteiger partial charge in [-0.3, -0.25) is 0 Å². The summed E-state index contributed by atoms with van der Waals surface area (Å²) in [5, 5.41) is 3.87. The summed E-state index contributed by atoms with van der Waals surface area (Å²) in [6.45, 7) is 0. The Morgan fingerprint density at radius 2 is 1.79 bits per heavy atom. The Labute approximate surface area is 156 Å². The molecule has 0 saturated heterocycles. The Kier molecular flexibility index (Phi) is 4.60. The van der Waals surface area contributed by atoms with Crippen LogP contribution < -0.4 is 9.47 Å². The van der Waals surface area contributed by atoms with E-state index < -0.39 is 12.5 Å². The molecular formula is C18H12F3N3O4. The van der Waals surface area contributed by atoms with Crippen molar-refractivity contribution in [3.63, 3.8) is 0 Å². The molecule has 3 heterocycles. The number of benzene rings is 1. The van der Waals surface area contributed by atoms with Gasteiger partial charge in [-0.2, -0.15) is 0 Å². The fourth-order valence-electron chi connectivity index (χ4n) is 2.53. The molecule has 0 aliphatic carbocycles. The lowest BCUT2D eigenvalue weighted by atomic mass is 10.1. The number of rotatable bonds is 4. The maximum atomic E-state index is 12.2. The normalized spacial score (nSPS) is 16.4. The van der Waals surface area contributed by atoms with Crippen LogP contribution in [0.2, 0.25) is 0 Å². The van der Waals surface area contributed by atoms with Gasteiger partial charge in [0.1, 0.15) is 23.5 Å². The predicted molar refractivity (Wildman–Crippen MR) is 89.4 cm³/mol. The number of hydrogen-bond donors (Lipinski definition) is 0. The van der Waals surface area contributed by atoms with E-state index in [9.17, 15) is 13.2 Å². The molecule has 2 aromatic heterocycles. The fraction of sp³-hybridized carbons (Fsp3) is 0.167. The SMILES string of the molecule is FC(F)(F)Oc1ccc([C@H]2CC(Oc3ccc(-c4ncco4)nc3)=NO2)cc1. The van der Waals surface area contributed by atoms with Gasteiger partial charge >= 0.3 is 6.36 Å². The van der Waals surface area contributed by atoms with Gasteiger partial charge in [0.15, 0.2) is 6.10 Å². The Morgan fingerprint density at radius 3 is 2.43 bits per heavy atom.